The number of benzene rings is 2. The smallest absolute Gasteiger partial charge is 0.262 e. The zero-order valence-electron chi connectivity index (χ0n) is 19.1. The molecule has 0 atom stereocenters. The quantitative estimate of drug-likeness (QED) is 0.371. The zero-order valence-corrected chi connectivity index (χ0v) is 19.1. The van der Waals surface area contributed by atoms with E-state index in [2.05, 4.69) is 10.4 Å². The molecule has 2 aromatic carbocycles. The lowest BCUT2D eigenvalue weighted by Gasteiger charge is -2.13. The van der Waals surface area contributed by atoms with Gasteiger partial charge >= 0.3 is 0 Å². The summed E-state index contributed by atoms with van der Waals surface area (Å²) < 4.78 is 18.3. The normalized spacial score (nSPS) is 10.8. The number of amides is 1. The van der Waals surface area contributed by atoms with E-state index >= 15 is 0 Å². The molecule has 33 heavy (non-hydrogen) atoms. The minimum absolute atomic E-state index is 0.133. The lowest BCUT2D eigenvalue weighted by atomic mass is 10.1. The molecule has 0 aliphatic carbocycles. The first kappa shape index (κ1) is 23.6. The van der Waals surface area contributed by atoms with Gasteiger partial charge in [-0.3, -0.25) is 14.3 Å². The molecule has 8 nitrogen and oxygen atoms in total. The first-order valence-electron chi connectivity index (χ1n) is 10.5. The van der Waals surface area contributed by atoms with Crippen molar-refractivity contribution in [2.45, 2.75) is 13.8 Å². The number of hydrogen-bond acceptors (Lipinski definition) is 6. The number of anilines is 1. The molecule has 0 saturated heterocycles. The van der Waals surface area contributed by atoms with E-state index in [0.717, 1.165) is 11.3 Å². The van der Waals surface area contributed by atoms with Gasteiger partial charge in [-0.1, -0.05) is 24.3 Å². The van der Waals surface area contributed by atoms with E-state index in [1.165, 1.54) is 13.2 Å². The minimum atomic E-state index is -0.330. The largest absolute Gasteiger partial charge is 0.495 e. The van der Waals surface area contributed by atoms with E-state index in [4.69, 9.17) is 14.2 Å². The van der Waals surface area contributed by atoms with E-state index in [9.17, 15) is 9.59 Å². The first-order valence-corrected chi connectivity index (χ1v) is 10.5. The standard InChI is InChI=1S/C25H27N3O5/c1-5-32-24-14-18(10-12-21(29)19-15-26-28(3)17(19)2)11-13-23(24)33-16-25(30)27-20-8-6-7-9-22(20)31-4/h6-15H,5,16H2,1-4H3,(H,27,30)/b12-10+. The molecule has 0 spiro atoms. The zero-order chi connectivity index (χ0) is 23.8. The molecule has 0 radical (unpaired) electrons. The van der Waals surface area contributed by atoms with Gasteiger partial charge in [0.15, 0.2) is 23.9 Å². The van der Waals surface area contributed by atoms with Crippen molar-refractivity contribution < 1.29 is 23.8 Å². The molecule has 1 amide bonds. The van der Waals surface area contributed by atoms with E-state index in [-0.39, 0.29) is 18.3 Å². The minimum Gasteiger partial charge on any atom is -0.495 e. The Bertz CT molecular complexity index is 1170. The maximum Gasteiger partial charge on any atom is 0.262 e. The fourth-order valence-corrected chi connectivity index (χ4v) is 3.10. The van der Waals surface area contributed by atoms with Crippen molar-refractivity contribution in [2.24, 2.45) is 7.05 Å². The summed E-state index contributed by atoms with van der Waals surface area (Å²) in [5, 5.41) is 6.86. The van der Waals surface area contributed by atoms with Crippen molar-refractivity contribution in [2.75, 3.05) is 25.6 Å². The third-order valence-electron chi connectivity index (χ3n) is 4.94. The van der Waals surface area contributed by atoms with Gasteiger partial charge in [-0.05, 0) is 49.8 Å². The molecule has 3 rings (SSSR count). The van der Waals surface area contributed by atoms with Crippen molar-refractivity contribution in [1.29, 1.82) is 0 Å². The average molecular weight is 450 g/mol. The Hall–Kier alpha value is -4.07. The summed E-state index contributed by atoms with van der Waals surface area (Å²) in [5.74, 6) is 1.01. The summed E-state index contributed by atoms with van der Waals surface area (Å²) in [7, 11) is 3.33. The van der Waals surface area contributed by atoms with Crippen LogP contribution in [0.2, 0.25) is 0 Å². The number of nitrogens with zero attached hydrogens (tertiary/aromatic N) is 2. The van der Waals surface area contributed by atoms with Crippen molar-refractivity contribution >= 4 is 23.5 Å². The van der Waals surface area contributed by atoms with Gasteiger partial charge in [0, 0.05) is 12.7 Å². The summed E-state index contributed by atoms with van der Waals surface area (Å²) in [6, 6.07) is 12.4. The van der Waals surface area contributed by atoms with Gasteiger partial charge in [-0.25, -0.2) is 0 Å². The van der Waals surface area contributed by atoms with E-state index < -0.39 is 0 Å². The van der Waals surface area contributed by atoms with Gasteiger partial charge < -0.3 is 19.5 Å². The summed E-state index contributed by atoms with van der Waals surface area (Å²) >= 11 is 0. The molecular weight excluding hydrogens is 422 g/mol. The van der Waals surface area contributed by atoms with Crippen LogP contribution in [0.5, 0.6) is 17.2 Å². The SMILES string of the molecule is CCOc1cc(/C=C/C(=O)c2cnn(C)c2C)ccc1OCC(=O)Nc1ccccc1OC. The number of allylic oxidation sites excluding steroid dienone is 1. The van der Waals surface area contributed by atoms with Crippen LogP contribution >= 0.6 is 0 Å². The number of aryl methyl sites for hydroxylation is 1. The van der Waals surface area contributed by atoms with Gasteiger partial charge in [0.25, 0.3) is 5.91 Å². The Morgan fingerprint density at radius 1 is 1.09 bits per heavy atom. The molecule has 3 aromatic rings. The lowest BCUT2D eigenvalue weighted by molar-refractivity contribution is -0.118. The third kappa shape index (κ3) is 6.00. The molecule has 1 N–H and O–H groups in total. The third-order valence-corrected chi connectivity index (χ3v) is 4.94. The van der Waals surface area contributed by atoms with Crippen molar-refractivity contribution in [3.63, 3.8) is 0 Å². The van der Waals surface area contributed by atoms with Crippen LogP contribution in [0.1, 0.15) is 28.5 Å². The Labute approximate surface area is 192 Å². The maximum absolute atomic E-state index is 12.5. The van der Waals surface area contributed by atoms with Crippen LogP contribution in [0, 0.1) is 6.92 Å². The predicted molar refractivity (Wildman–Crippen MR) is 126 cm³/mol. The van der Waals surface area contributed by atoms with Crippen LogP contribution in [-0.4, -0.2) is 41.8 Å². The number of carbonyl (C=O) groups is 2. The highest BCUT2D eigenvalue weighted by Crippen LogP contribution is 2.29. The summed E-state index contributed by atoms with van der Waals surface area (Å²) in [5.41, 5.74) is 2.68. The first-order chi connectivity index (χ1) is 15.9. The van der Waals surface area contributed by atoms with Gasteiger partial charge in [0.1, 0.15) is 5.75 Å². The summed E-state index contributed by atoms with van der Waals surface area (Å²) in [6.45, 7) is 3.92. The van der Waals surface area contributed by atoms with Crippen molar-refractivity contribution in [1.82, 2.24) is 9.78 Å². The second kappa shape index (κ2) is 11.0. The fraction of sp³-hybridized carbons (Fsp3) is 0.240. The molecule has 0 unspecified atom stereocenters. The maximum atomic E-state index is 12.5. The number of aromatic nitrogens is 2. The van der Waals surface area contributed by atoms with Crippen LogP contribution < -0.4 is 19.5 Å². The highest BCUT2D eigenvalue weighted by Gasteiger charge is 2.12. The Balaban J connectivity index is 1.67. The monoisotopic (exact) mass is 449 g/mol. The summed E-state index contributed by atoms with van der Waals surface area (Å²) in [4.78, 5) is 24.8. The Kier molecular flexibility index (Phi) is 7.86. The molecule has 0 aliphatic heterocycles. The number of ketones is 1. The average Bonchev–Trinajstić information content (AvgIpc) is 3.15. The van der Waals surface area contributed by atoms with Crippen molar-refractivity contribution in [3.05, 3.63) is 71.6 Å². The second-order valence-corrected chi connectivity index (χ2v) is 7.14. The fourth-order valence-electron chi connectivity index (χ4n) is 3.10. The number of nitrogens with one attached hydrogen (secondary N) is 1. The molecule has 0 saturated carbocycles. The molecule has 8 heteroatoms. The Morgan fingerprint density at radius 2 is 1.88 bits per heavy atom. The number of methoxy groups -OCH3 is 1. The number of hydrogen-bond donors (Lipinski definition) is 1. The number of carbonyl (C=O) groups excluding carboxylic acids is 2. The number of para-hydroxylation sites is 2. The van der Waals surface area contributed by atoms with Crippen LogP contribution in [0.25, 0.3) is 6.08 Å². The van der Waals surface area contributed by atoms with Crippen LogP contribution in [0.4, 0.5) is 5.69 Å². The van der Waals surface area contributed by atoms with E-state index in [1.807, 2.05) is 19.9 Å². The van der Waals surface area contributed by atoms with Crippen LogP contribution in [-0.2, 0) is 11.8 Å². The highest BCUT2D eigenvalue weighted by molar-refractivity contribution is 6.07. The summed E-state index contributed by atoms with van der Waals surface area (Å²) in [6.07, 6.45) is 4.76. The van der Waals surface area contributed by atoms with Gasteiger partial charge in [0.2, 0.25) is 0 Å². The molecular formula is C25H27N3O5. The van der Waals surface area contributed by atoms with E-state index in [1.54, 1.807) is 60.4 Å². The molecule has 1 aromatic heterocycles. The molecule has 0 aliphatic rings. The lowest BCUT2D eigenvalue weighted by Crippen LogP contribution is -2.20. The van der Waals surface area contributed by atoms with Crippen molar-refractivity contribution in [3.8, 4) is 17.2 Å². The topological polar surface area (TPSA) is 91.7 Å². The second-order valence-electron chi connectivity index (χ2n) is 7.14. The van der Waals surface area contributed by atoms with Crippen LogP contribution in [0.3, 0.4) is 0 Å². The molecule has 1 heterocycles. The number of ether oxygens (including phenoxy) is 3. The Morgan fingerprint density at radius 3 is 2.58 bits per heavy atom. The predicted octanol–water partition coefficient (Wildman–Crippen LogP) is 4.05. The highest BCUT2D eigenvalue weighted by atomic mass is 16.5. The van der Waals surface area contributed by atoms with Gasteiger partial charge in [0.05, 0.1) is 31.2 Å². The molecule has 0 bridgehead atoms. The van der Waals surface area contributed by atoms with Gasteiger partial charge in [-0.15, -0.1) is 0 Å². The van der Waals surface area contributed by atoms with Gasteiger partial charge in [-0.2, -0.15) is 5.10 Å². The number of rotatable bonds is 10. The molecule has 0 fully saturated rings. The van der Waals surface area contributed by atoms with Crippen LogP contribution in [0.15, 0.2) is 54.7 Å². The van der Waals surface area contributed by atoms with E-state index in [0.29, 0.717) is 35.1 Å². The molecule has 172 valence electrons.